The van der Waals surface area contributed by atoms with Gasteiger partial charge in [0.15, 0.2) is 0 Å². The maximum absolute atomic E-state index is 12.7. The first-order valence-electron chi connectivity index (χ1n) is 8.36. The number of carboxylic acid groups (broad SMARTS) is 1. The number of methoxy groups -OCH3 is 1. The molecule has 1 aliphatic rings. The molecule has 0 bridgehead atoms. The maximum atomic E-state index is 12.7. The summed E-state index contributed by atoms with van der Waals surface area (Å²) in [6.45, 7) is 5.97. The number of aryl methyl sites for hydroxylation is 1. The van der Waals surface area contributed by atoms with E-state index in [1.54, 1.807) is 13.2 Å². The Morgan fingerprint density at radius 2 is 2.00 bits per heavy atom. The van der Waals surface area contributed by atoms with Gasteiger partial charge in [-0.2, -0.15) is 0 Å². The second-order valence-electron chi connectivity index (χ2n) is 6.16. The van der Waals surface area contributed by atoms with Gasteiger partial charge in [0.05, 0.1) is 13.7 Å². The largest absolute Gasteiger partial charge is 0.497 e. The van der Waals surface area contributed by atoms with Crippen LogP contribution in [0.3, 0.4) is 0 Å². The Balaban J connectivity index is 1.99. The van der Waals surface area contributed by atoms with Gasteiger partial charge in [-0.25, -0.2) is 0 Å². The number of carbonyl (C=O) groups excluding carboxylic acids is 1. The van der Waals surface area contributed by atoms with E-state index in [4.69, 9.17) is 9.84 Å². The van der Waals surface area contributed by atoms with Crippen LogP contribution in [0.1, 0.15) is 35.7 Å². The molecule has 1 heterocycles. The molecule has 132 valence electrons. The quantitative estimate of drug-likeness (QED) is 0.862. The summed E-state index contributed by atoms with van der Waals surface area (Å²) in [6, 6.07) is 5.71. The van der Waals surface area contributed by atoms with E-state index < -0.39 is 5.97 Å². The second-order valence-corrected chi connectivity index (χ2v) is 6.16. The zero-order valence-corrected chi connectivity index (χ0v) is 14.6. The fourth-order valence-electron chi connectivity index (χ4n) is 3.28. The summed E-state index contributed by atoms with van der Waals surface area (Å²) in [6.07, 6.45) is 1.62. The first-order valence-corrected chi connectivity index (χ1v) is 8.36. The average Bonchev–Trinajstić information content (AvgIpc) is 2.59. The van der Waals surface area contributed by atoms with Crippen LogP contribution in [0, 0.1) is 6.92 Å². The number of aliphatic carboxylic acids is 1. The van der Waals surface area contributed by atoms with Crippen molar-refractivity contribution in [1.29, 1.82) is 0 Å². The van der Waals surface area contributed by atoms with Gasteiger partial charge in [-0.1, -0.05) is 6.92 Å². The molecule has 0 atom stereocenters. The number of ether oxygens (including phenoxy) is 1. The highest BCUT2D eigenvalue weighted by Crippen LogP contribution is 2.22. The fourth-order valence-corrected chi connectivity index (χ4v) is 3.28. The standard InChI is InChI=1S/C18H26N2O4/c1-4-19(12-17(21)22)14-7-9-20(10-8-14)18(23)16-6-5-15(24-3)11-13(16)2/h5-6,11,14H,4,7-10,12H2,1-3H3,(H,21,22). The molecule has 1 N–H and O–H groups in total. The van der Waals surface area contributed by atoms with Gasteiger partial charge < -0.3 is 14.7 Å². The number of nitrogens with zero attached hydrogens (tertiary/aromatic N) is 2. The van der Waals surface area contributed by atoms with Crippen molar-refractivity contribution >= 4 is 11.9 Å². The van der Waals surface area contributed by atoms with Crippen LogP contribution in [0.4, 0.5) is 0 Å². The first kappa shape index (κ1) is 18.3. The Labute approximate surface area is 143 Å². The zero-order chi connectivity index (χ0) is 17.7. The molecule has 6 heteroatoms. The highest BCUT2D eigenvalue weighted by atomic mass is 16.5. The lowest BCUT2D eigenvalue weighted by Crippen LogP contribution is -2.48. The third-order valence-electron chi connectivity index (χ3n) is 4.68. The van der Waals surface area contributed by atoms with Crippen LogP contribution >= 0.6 is 0 Å². The molecule has 1 saturated heterocycles. The summed E-state index contributed by atoms with van der Waals surface area (Å²) in [5.74, 6) is -0.0193. The van der Waals surface area contributed by atoms with Gasteiger partial charge in [-0.05, 0) is 50.1 Å². The molecule has 1 aliphatic heterocycles. The van der Waals surface area contributed by atoms with Gasteiger partial charge >= 0.3 is 5.97 Å². The molecule has 0 unspecified atom stereocenters. The lowest BCUT2D eigenvalue weighted by atomic mass is 10.0. The van der Waals surface area contributed by atoms with E-state index in [1.807, 2.05) is 35.8 Å². The summed E-state index contributed by atoms with van der Waals surface area (Å²) < 4.78 is 5.18. The molecule has 0 radical (unpaired) electrons. The number of carbonyl (C=O) groups is 2. The summed E-state index contributed by atoms with van der Waals surface area (Å²) in [7, 11) is 1.61. The molecule has 0 saturated carbocycles. The third kappa shape index (κ3) is 4.26. The van der Waals surface area contributed by atoms with Crippen molar-refractivity contribution in [2.75, 3.05) is 33.3 Å². The molecular formula is C18H26N2O4. The van der Waals surface area contributed by atoms with Crippen molar-refractivity contribution in [1.82, 2.24) is 9.80 Å². The molecule has 24 heavy (non-hydrogen) atoms. The van der Waals surface area contributed by atoms with Gasteiger partial charge in [0, 0.05) is 24.7 Å². The number of amides is 1. The highest BCUT2D eigenvalue weighted by Gasteiger charge is 2.28. The van der Waals surface area contributed by atoms with Crippen molar-refractivity contribution in [3.63, 3.8) is 0 Å². The van der Waals surface area contributed by atoms with Crippen LogP contribution in [0.25, 0.3) is 0 Å². The third-order valence-corrected chi connectivity index (χ3v) is 4.68. The van der Waals surface area contributed by atoms with Gasteiger partial charge in [-0.3, -0.25) is 14.5 Å². The molecule has 0 spiro atoms. The number of piperidine rings is 1. The Kier molecular flexibility index (Phi) is 6.20. The predicted octanol–water partition coefficient (Wildman–Crippen LogP) is 2.01. The van der Waals surface area contributed by atoms with Crippen molar-refractivity contribution in [2.24, 2.45) is 0 Å². The van der Waals surface area contributed by atoms with Crippen molar-refractivity contribution in [3.05, 3.63) is 29.3 Å². The number of likely N-dealkylation sites (N-methyl/N-ethyl adjacent to an activating group) is 1. The van der Waals surface area contributed by atoms with Crippen LogP contribution in [0.2, 0.25) is 0 Å². The van der Waals surface area contributed by atoms with Gasteiger partial charge in [0.25, 0.3) is 5.91 Å². The molecule has 6 nitrogen and oxygen atoms in total. The van der Waals surface area contributed by atoms with E-state index in [1.165, 1.54) is 0 Å². The Morgan fingerprint density at radius 1 is 1.33 bits per heavy atom. The smallest absolute Gasteiger partial charge is 0.317 e. The monoisotopic (exact) mass is 334 g/mol. The molecule has 1 aromatic rings. The van der Waals surface area contributed by atoms with Crippen LogP contribution < -0.4 is 4.74 Å². The van der Waals surface area contributed by atoms with Gasteiger partial charge in [0.1, 0.15) is 5.75 Å². The van der Waals surface area contributed by atoms with Crippen molar-refractivity contribution < 1.29 is 19.4 Å². The Morgan fingerprint density at radius 3 is 2.50 bits per heavy atom. The minimum Gasteiger partial charge on any atom is -0.497 e. The minimum absolute atomic E-state index is 0.0369. The number of carboxylic acids is 1. The van der Waals surface area contributed by atoms with E-state index in [9.17, 15) is 9.59 Å². The van der Waals surface area contributed by atoms with Crippen LogP contribution in [0.5, 0.6) is 5.75 Å². The van der Waals surface area contributed by atoms with Crippen LogP contribution in [-0.4, -0.2) is 66.1 Å². The normalized spacial score (nSPS) is 15.6. The molecule has 1 aromatic carbocycles. The zero-order valence-electron chi connectivity index (χ0n) is 14.6. The van der Waals surface area contributed by atoms with Crippen LogP contribution in [-0.2, 0) is 4.79 Å². The topological polar surface area (TPSA) is 70.1 Å². The van der Waals surface area contributed by atoms with Crippen molar-refractivity contribution in [2.45, 2.75) is 32.7 Å². The average molecular weight is 334 g/mol. The van der Waals surface area contributed by atoms with Crippen molar-refractivity contribution in [3.8, 4) is 5.75 Å². The molecule has 0 aliphatic carbocycles. The maximum Gasteiger partial charge on any atom is 0.317 e. The highest BCUT2D eigenvalue weighted by molar-refractivity contribution is 5.95. The second kappa shape index (κ2) is 8.15. The Hall–Kier alpha value is -2.08. The van der Waals surface area contributed by atoms with Gasteiger partial charge in [0.2, 0.25) is 0 Å². The molecule has 1 fully saturated rings. The van der Waals surface area contributed by atoms with Gasteiger partial charge in [-0.15, -0.1) is 0 Å². The summed E-state index contributed by atoms with van der Waals surface area (Å²) in [5, 5.41) is 8.99. The summed E-state index contributed by atoms with van der Waals surface area (Å²) >= 11 is 0. The SMILES string of the molecule is CCN(CC(=O)O)C1CCN(C(=O)c2ccc(OC)cc2C)CC1. The number of hydrogen-bond acceptors (Lipinski definition) is 4. The molecular weight excluding hydrogens is 308 g/mol. The molecule has 2 rings (SSSR count). The Bertz CT molecular complexity index is 595. The first-order chi connectivity index (χ1) is 11.5. The van der Waals surface area contributed by atoms with E-state index >= 15 is 0 Å². The summed E-state index contributed by atoms with van der Waals surface area (Å²) in [5.41, 5.74) is 1.61. The van der Waals surface area contributed by atoms with Crippen LogP contribution in [0.15, 0.2) is 18.2 Å². The van der Waals surface area contributed by atoms with E-state index in [0.29, 0.717) is 25.2 Å². The number of benzene rings is 1. The number of rotatable bonds is 6. The summed E-state index contributed by atoms with van der Waals surface area (Å²) in [4.78, 5) is 27.5. The molecule has 0 aromatic heterocycles. The predicted molar refractivity (Wildman–Crippen MR) is 91.5 cm³/mol. The number of likely N-dealkylation sites (tertiary alicyclic amines) is 1. The fraction of sp³-hybridized carbons (Fsp3) is 0.556. The number of hydrogen-bond donors (Lipinski definition) is 1. The van der Waals surface area contributed by atoms with E-state index in [2.05, 4.69) is 0 Å². The van der Waals surface area contributed by atoms with E-state index in [0.717, 1.165) is 24.2 Å². The minimum atomic E-state index is -0.802. The molecule has 1 amide bonds. The van der Waals surface area contributed by atoms with E-state index in [-0.39, 0.29) is 18.5 Å². The lowest BCUT2D eigenvalue weighted by Gasteiger charge is -2.37. The lowest BCUT2D eigenvalue weighted by molar-refractivity contribution is -0.139.